The minimum Gasteiger partial charge on any atom is -1.00 e. The fourth-order valence-electron chi connectivity index (χ4n) is 4.24. The Hall–Kier alpha value is -0.280. The van der Waals surface area contributed by atoms with Gasteiger partial charge in [0.25, 0.3) is 0 Å². The van der Waals surface area contributed by atoms with Gasteiger partial charge in [0.1, 0.15) is 0 Å². The molecule has 0 aliphatic heterocycles. The summed E-state index contributed by atoms with van der Waals surface area (Å²) in [5, 5.41) is 8.90. The number of nitrogens with zero attached hydrogens (tertiary/aromatic N) is 1. The molecule has 0 spiro atoms. The van der Waals surface area contributed by atoms with E-state index in [1.54, 1.807) is 0 Å². The fraction of sp³-hybridized carbons (Fsp3) is 0.962. The largest absolute Gasteiger partial charge is 1.00 e. The van der Waals surface area contributed by atoms with Crippen LogP contribution in [0, 0.1) is 0 Å². The van der Waals surface area contributed by atoms with Crippen LogP contribution in [0.1, 0.15) is 135 Å². The molecular weight excluding hydrogens is 394 g/mol. The normalized spacial score (nSPS) is 11.4. The fourth-order valence-corrected chi connectivity index (χ4v) is 4.24. The van der Waals surface area contributed by atoms with E-state index in [4.69, 9.17) is 5.11 Å². The van der Waals surface area contributed by atoms with Gasteiger partial charge in [-0.3, -0.25) is 0 Å². The van der Waals surface area contributed by atoms with E-state index in [0.717, 1.165) is 13.0 Å². The zero-order valence-corrected chi connectivity index (χ0v) is 21.5. The molecule has 0 saturated carbocycles. The molecule has 3 nitrogen and oxygen atoms in total. The Kier molecular flexibility index (Phi) is 24.9. The van der Waals surface area contributed by atoms with E-state index in [0.29, 0.717) is 4.48 Å². The van der Waals surface area contributed by atoms with Gasteiger partial charge in [-0.05, 0) is 12.8 Å². The first-order valence-electron chi connectivity index (χ1n) is 13.0. The molecule has 0 unspecified atom stereocenters. The summed E-state index contributed by atoms with van der Waals surface area (Å²) in [6, 6.07) is 0. The zero-order chi connectivity index (χ0) is 21.6. The molecule has 0 aliphatic rings. The van der Waals surface area contributed by atoms with Crippen molar-refractivity contribution in [3.8, 4) is 0 Å². The number of quaternary nitrogens is 1. The highest BCUT2D eigenvalue weighted by Crippen LogP contribution is 2.15. The number of carboxylic acids is 1. The second-order valence-electron chi connectivity index (χ2n) is 9.93. The lowest BCUT2D eigenvalue weighted by Crippen LogP contribution is -3.00. The molecule has 0 radical (unpaired) electrons. The second kappa shape index (κ2) is 23.4. The predicted molar refractivity (Wildman–Crippen MR) is 127 cm³/mol. The lowest BCUT2D eigenvalue weighted by atomic mass is 10.0. The van der Waals surface area contributed by atoms with Crippen LogP contribution >= 0.6 is 0 Å². The summed E-state index contributed by atoms with van der Waals surface area (Å²) in [6.45, 7) is 3.50. The zero-order valence-electron chi connectivity index (χ0n) is 20.7. The van der Waals surface area contributed by atoms with Crippen LogP contribution in [-0.4, -0.2) is 42.7 Å². The summed E-state index contributed by atoms with van der Waals surface area (Å²) in [6.07, 6.45) is 28.0. The molecule has 4 heteroatoms. The monoisotopic (exact) mass is 447 g/mol. The van der Waals surface area contributed by atoms with Gasteiger partial charge in [0, 0.05) is 0 Å². The number of unbranched alkanes of at least 4 members (excludes halogenated alkanes) is 19. The van der Waals surface area contributed by atoms with Gasteiger partial charge in [-0.25, -0.2) is 4.79 Å². The summed E-state index contributed by atoms with van der Waals surface area (Å²) < 4.78 is 0.606. The molecule has 0 amide bonds. The highest BCUT2D eigenvalue weighted by Gasteiger charge is 2.18. The van der Waals surface area contributed by atoms with Gasteiger partial charge in [0.15, 0.2) is 6.54 Å². The predicted octanol–water partition coefficient (Wildman–Crippen LogP) is 4.97. The molecule has 0 aliphatic carbocycles. The van der Waals surface area contributed by atoms with Crippen LogP contribution in [0.25, 0.3) is 0 Å². The quantitative estimate of drug-likeness (QED) is 0.177. The first-order valence-corrected chi connectivity index (χ1v) is 13.0. The molecule has 0 saturated heterocycles. The van der Waals surface area contributed by atoms with E-state index in [2.05, 4.69) is 6.92 Å². The third kappa shape index (κ3) is 25.8. The average Bonchev–Trinajstić information content (AvgIpc) is 2.65. The summed E-state index contributed by atoms with van der Waals surface area (Å²) in [7, 11) is 4.04. The lowest BCUT2D eigenvalue weighted by Gasteiger charge is -2.27. The van der Waals surface area contributed by atoms with Gasteiger partial charge < -0.3 is 22.0 Å². The van der Waals surface area contributed by atoms with Crippen LogP contribution in [0.3, 0.4) is 0 Å². The topological polar surface area (TPSA) is 37.3 Å². The van der Waals surface area contributed by atoms with Crippen LogP contribution < -0.4 is 12.4 Å². The molecule has 0 atom stereocenters. The maximum absolute atomic E-state index is 10.8. The number of rotatable bonds is 23. The maximum Gasteiger partial charge on any atom is 0.359 e. The number of carboxylic acid groups (broad SMARTS) is 1. The number of aliphatic carboxylic acids is 1. The smallest absolute Gasteiger partial charge is 0.359 e. The van der Waals surface area contributed by atoms with Crippen LogP contribution in [0.2, 0.25) is 0 Å². The number of hydrogen-bond acceptors (Lipinski definition) is 1. The van der Waals surface area contributed by atoms with Crippen LogP contribution in [0.4, 0.5) is 0 Å². The van der Waals surface area contributed by atoms with Crippen molar-refractivity contribution in [1.29, 1.82) is 0 Å². The average molecular weight is 448 g/mol. The van der Waals surface area contributed by atoms with E-state index >= 15 is 0 Å². The Morgan fingerprint density at radius 2 is 0.833 bits per heavy atom. The molecular formula is C26H54ClNO2. The van der Waals surface area contributed by atoms with Gasteiger partial charge in [0.05, 0.1) is 20.6 Å². The van der Waals surface area contributed by atoms with Crippen LogP contribution in [0.15, 0.2) is 0 Å². The van der Waals surface area contributed by atoms with E-state index in [9.17, 15) is 4.79 Å². The maximum atomic E-state index is 10.8. The van der Waals surface area contributed by atoms with Gasteiger partial charge >= 0.3 is 5.97 Å². The van der Waals surface area contributed by atoms with Crippen molar-refractivity contribution in [1.82, 2.24) is 0 Å². The first kappa shape index (κ1) is 31.9. The van der Waals surface area contributed by atoms with Crippen molar-refractivity contribution >= 4 is 5.97 Å². The van der Waals surface area contributed by atoms with Gasteiger partial charge in [-0.1, -0.05) is 122 Å². The SMILES string of the molecule is CCCCCCCCCCCCCCCCCCCCCC[N+](C)(C)CC(=O)O.[Cl-]. The Bertz CT molecular complexity index is 361. The molecule has 0 aromatic carbocycles. The lowest BCUT2D eigenvalue weighted by molar-refractivity contribution is -0.883. The Morgan fingerprint density at radius 1 is 0.567 bits per heavy atom. The van der Waals surface area contributed by atoms with Crippen molar-refractivity contribution < 1.29 is 26.8 Å². The Balaban J connectivity index is 0. The van der Waals surface area contributed by atoms with E-state index in [1.807, 2.05) is 14.1 Å². The molecule has 182 valence electrons. The summed E-state index contributed by atoms with van der Waals surface area (Å²) in [5.74, 6) is -0.692. The summed E-state index contributed by atoms with van der Waals surface area (Å²) >= 11 is 0. The number of halogens is 1. The second-order valence-corrected chi connectivity index (χ2v) is 9.93. The van der Waals surface area contributed by atoms with Gasteiger partial charge in [0.2, 0.25) is 0 Å². The van der Waals surface area contributed by atoms with Gasteiger partial charge in [-0.15, -0.1) is 0 Å². The molecule has 1 N–H and O–H groups in total. The van der Waals surface area contributed by atoms with E-state index in [-0.39, 0.29) is 19.0 Å². The third-order valence-corrected chi connectivity index (χ3v) is 6.18. The minimum absolute atomic E-state index is 0. The van der Waals surface area contributed by atoms with Crippen molar-refractivity contribution in [2.24, 2.45) is 0 Å². The molecule has 0 heterocycles. The molecule has 30 heavy (non-hydrogen) atoms. The number of carbonyl (C=O) groups is 1. The molecule has 0 fully saturated rings. The molecule has 0 aromatic heterocycles. The number of hydrogen-bond donors (Lipinski definition) is 1. The van der Waals surface area contributed by atoms with Gasteiger partial charge in [-0.2, -0.15) is 0 Å². The Labute approximate surface area is 195 Å². The van der Waals surface area contributed by atoms with E-state index in [1.165, 1.54) is 122 Å². The number of likely N-dealkylation sites (N-methyl/N-ethyl adjacent to an activating group) is 1. The molecule has 0 rings (SSSR count). The first-order chi connectivity index (χ1) is 14.0. The van der Waals surface area contributed by atoms with Crippen LogP contribution in [-0.2, 0) is 4.79 Å². The summed E-state index contributed by atoms with van der Waals surface area (Å²) in [5.41, 5.74) is 0. The molecule has 0 bridgehead atoms. The van der Waals surface area contributed by atoms with Crippen LogP contribution in [0.5, 0.6) is 0 Å². The minimum atomic E-state index is -0.692. The third-order valence-electron chi connectivity index (χ3n) is 6.18. The standard InChI is InChI=1S/C26H53NO2.ClH/c1-4-5-6-7-8-9-10-11-12-13-14-15-16-17-18-19-20-21-22-23-24-27(2,3)25-26(28)29;/h4-25H2,1-3H3;1H. The van der Waals surface area contributed by atoms with Crippen molar-refractivity contribution in [2.45, 2.75) is 135 Å². The highest BCUT2D eigenvalue weighted by molar-refractivity contribution is 5.67. The van der Waals surface area contributed by atoms with E-state index < -0.39 is 5.97 Å². The van der Waals surface area contributed by atoms with Crippen molar-refractivity contribution in [3.63, 3.8) is 0 Å². The van der Waals surface area contributed by atoms with Crippen molar-refractivity contribution in [2.75, 3.05) is 27.2 Å². The Morgan fingerprint density at radius 3 is 1.10 bits per heavy atom. The van der Waals surface area contributed by atoms with Crippen molar-refractivity contribution in [3.05, 3.63) is 0 Å². The molecule has 0 aromatic rings. The highest BCUT2D eigenvalue weighted by atomic mass is 35.5. The summed E-state index contributed by atoms with van der Waals surface area (Å²) in [4.78, 5) is 10.8.